The number of benzene rings is 2. The molecule has 140 valence electrons. The second kappa shape index (κ2) is 8.34. The highest BCUT2D eigenvalue weighted by Crippen LogP contribution is 2.47. The van der Waals surface area contributed by atoms with Crippen molar-refractivity contribution in [3.8, 4) is 0 Å². The molecule has 1 N–H and O–H groups in total. The molecule has 0 saturated carbocycles. The van der Waals surface area contributed by atoms with Gasteiger partial charge in [0.1, 0.15) is 0 Å². The quantitative estimate of drug-likeness (QED) is 0.752. The molecule has 0 amide bonds. The topological polar surface area (TPSA) is 30.5 Å². The first-order valence-corrected chi connectivity index (χ1v) is 9.63. The van der Waals surface area contributed by atoms with Gasteiger partial charge in [-0.2, -0.15) is 0 Å². The summed E-state index contributed by atoms with van der Waals surface area (Å²) in [6, 6.07) is 20.9. The highest BCUT2D eigenvalue weighted by molar-refractivity contribution is 5.23. The molecule has 3 rings (SSSR count). The fourth-order valence-corrected chi connectivity index (χ4v) is 3.59. The van der Waals surface area contributed by atoms with Crippen LogP contribution in [0.1, 0.15) is 44.7 Å². The zero-order chi connectivity index (χ0) is 18.5. The zero-order valence-electron chi connectivity index (χ0n) is 16.2. The molecule has 26 heavy (non-hydrogen) atoms. The van der Waals surface area contributed by atoms with Gasteiger partial charge in [0, 0.05) is 17.5 Å². The minimum atomic E-state index is -0.684. The van der Waals surface area contributed by atoms with Crippen LogP contribution >= 0.6 is 0 Å². The van der Waals surface area contributed by atoms with E-state index in [-0.39, 0.29) is 11.5 Å². The molecule has 2 aromatic carbocycles. The van der Waals surface area contributed by atoms with E-state index in [0.717, 1.165) is 38.1 Å². The van der Waals surface area contributed by atoms with E-state index < -0.39 is 5.79 Å². The van der Waals surface area contributed by atoms with E-state index in [4.69, 9.17) is 9.47 Å². The summed E-state index contributed by atoms with van der Waals surface area (Å²) in [6.07, 6.45) is 2.13. The molecule has 1 heterocycles. The summed E-state index contributed by atoms with van der Waals surface area (Å²) in [5.74, 6) is -0.684. The van der Waals surface area contributed by atoms with Crippen LogP contribution in [0.15, 0.2) is 60.7 Å². The fraction of sp³-hybridized carbons (Fsp3) is 0.478. The Labute approximate surface area is 157 Å². The first-order valence-electron chi connectivity index (χ1n) is 9.63. The molecule has 2 atom stereocenters. The van der Waals surface area contributed by atoms with Gasteiger partial charge in [-0.15, -0.1) is 0 Å². The van der Waals surface area contributed by atoms with Crippen molar-refractivity contribution >= 4 is 0 Å². The maximum Gasteiger partial charge on any atom is 0.200 e. The summed E-state index contributed by atoms with van der Waals surface area (Å²) in [5.41, 5.74) is 2.27. The van der Waals surface area contributed by atoms with Crippen molar-refractivity contribution < 1.29 is 9.47 Å². The predicted octanol–water partition coefficient (Wildman–Crippen LogP) is 4.87. The molecule has 0 unspecified atom stereocenters. The molecule has 1 aliphatic heterocycles. The van der Waals surface area contributed by atoms with Crippen LogP contribution in [-0.4, -0.2) is 19.3 Å². The van der Waals surface area contributed by atoms with Gasteiger partial charge in [0.15, 0.2) is 5.79 Å². The van der Waals surface area contributed by atoms with Gasteiger partial charge in [0.2, 0.25) is 0 Å². The second-order valence-corrected chi connectivity index (χ2v) is 8.06. The highest BCUT2D eigenvalue weighted by Gasteiger charge is 2.49. The molecule has 0 bridgehead atoms. The molecule has 2 aromatic rings. The molecular formula is C23H31NO2. The van der Waals surface area contributed by atoms with Crippen LogP contribution in [0.3, 0.4) is 0 Å². The van der Waals surface area contributed by atoms with Crippen LogP contribution in [0, 0.1) is 5.41 Å². The standard InChI is InChI=1S/C23H31NO2/c1-22(2,3)23(20-12-8-5-9-13-20)25-17-15-21(26-23)14-16-24-18-19-10-6-4-7-11-19/h4-13,21,24H,14-18H2,1-3H3/t21-,23+/m0/s1. The van der Waals surface area contributed by atoms with E-state index in [9.17, 15) is 0 Å². The average molecular weight is 354 g/mol. The lowest BCUT2D eigenvalue weighted by atomic mass is 9.79. The Morgan fingerprint density at radius 3 is 2.31 bits per heavy atom. The van der Waals surface area contributed by atoms with E-state index in [1.807, 2.05) is 6.07 Å². The Morgan fingerprint density at radius 2 is 1.65 bits per heavy atom. The Morgan fingerprint density at radius 1 is 1.00 bits per heavy atom. The largest absolute Gasteiger partial charge is 0.345 e. The normalized spacial score (nSPS) is 23.7. The Kier molecular flexibility index (Phi) is 6.13. The van der Waals surface area contributed by atoms with Gasteiger partial charge < -0.3 is 14.8 Å². The third-order valence-corrected chi connectivity index (χ3v) is 5.03. The van der Waals surface area contributed by atoms with Crippen molar-refractivity contribution in [3.63, 3.8) is 0 Å². The van der Waals surface area contributed by atoms with Gasteiger partial charge in [-0.05, 0) is 24.9 Å². The maximum absolute atomic E-state index is 6.61. The number of hydrogen-bond acceptors (Lipinski definition) is 3. The first-order chi connectivity index (χ1) is 12.5. The number of rotatable bonds is 6. The van der Waals surface area contributed by atoms with E-state index in [2.05, 4.69) is 80.7 Å². The summed E-state index contributed by atoms with van der Waals surface area (Å²) in [6.45, 7) is 9.14. The number of ether oxygens (including phenoxy) is 2. The van der Waals surface area contributed by atoms with Gasteiger partial charge in [-0.25, -0.2) is 0 Å². The smallest absolute Gasteiger partial charge is 0.200 e. The molecule has 1 fully saturated rings. The molecule has 1 aliphatic rings. The highest BCUT2D eigenvalue weighted by atomic mass is 16.7. The van der Waals surface area contributed by atoms with Crippen LogP contribution in [0.5, 0.6) is 0 Å². The molecule has 0 radical (unpaired) electrons. The summed E-state index contributed by atoms with van der Waals surface area (Å²) < 4.78 is 12.9. The van der Waals surface area contributed by atoms with Gasteiger partial charge in [0.25, 0.3) is 0 Å². The van der Waals surface area contributed by atoms with Crippen LogP contribution in [-0.2, 0) is 21.8 Å². The molecule has 0 aromatic heterocycles. The van der Waals surface area contributed by atoms with Crippen molar-refractivity contribution in [2.45, 2.75) is 52.0 Å². The van der Waals surface area contributed by atoms with Crippen LogP contribution in [0.2, 0.25) is 0 Å². The van der Waals surface area contributed by atoms with Crippen molar-refractivity contribution in [2.75, 3.05) is 13.2 Å². The SMILES string of the molecule is CC(C)(C)[C@]1(c2ccccc2)OCC[C@H](CCNCc2ccccc2)O1. The monoisotopic (exact) mass is 353 g/mol. The van der Waals surface area contributed by atoms with Gasteiger partial charge in [-0.1, -0.05) is 81.4 Å². The van der Waals surface area contributed by atoms with Crippen molar-refractivity contribution in [3.05, 3.63) is 71.8 Å². The Balaban J connectivity index is 1.61. The van der Waals surface area contributed by atoms with Crippen molar-refractivity contribution in [1.29, 1.82) is 0 Å². The molecule has 0 aliphatic carbocycles. The maximum atomic E-state index is 6.61. The molecule has 0 spiro atoms. The van der Waals surface area contributed by atoms with Crippen molar-refractivity contribution in [2.24, 2.45) is 5.41 Å². The molecule has 3 nitrogen and oxygen atoms in total. The van der Waals surface area contributed by atoms with Crippen molar-refractivity contribution in [1.82, 2.24) is 5.32 Å². The lowest BCUT2D eigenvalue weighted by Gasteiger charge is -2.49. The summed E-state index contributed by atoms with van der Waals surface area (Å²) >= 11 is 0. The van der Waals surface area contributed by atoms with Crippen LogP contribution < -0.4 is 5.32 Å². The Bertz CT molecular complexity index is 666. The Hall–Kier alpha value is -1.68. The second-order valence-electron chi connectivity index (χ2n) is 8.06. The molecule has 1 saturated heterocycles. The molecular weight excluding hydrogens is 322 g/mol. The third-order valence-electron chi connectivity index (χ3n) is 5.03. The lowest BCUT2D eigenvalue weighted by molar-refractivity contribution is -0.347. The molecule has 3 heteroatoms. The van der Waals surface area contributed by atoms with E-state index in [1.54, 1.807) is 0 Å². The van der Waals surface area contributed by atoms with Crippen LogP contribution in [0.4, 0.5) is 0 Å². The van der Waals surface area contributed by atoms with E-state index in [1.165, 1.54) is 5.56 Å². The lowest BCUT2D eigenvalue weighted by Crippen LogP contribution is -2.51. The summed E-state index contributed by atoms with van der Waals surface area (Å²) in [5, 5.41) is 3.53. The predicted molar refractivity (Wildman–Crippen MR) is 106 cm³/mol. The minimum absolute atomic E-state index is 0.148. The summed E-state index contributed by atoms with van der Waals surface area (Å²) in [7, 11) is 0. The zero-order valence-corrected chi connectivity index (χ0v) is 16.2. The minimum Gasteiger partial charge on any atom is -0.345 e. The summed E-state index contributed by atoms with van der Waals surface area (Å²) in [4.78, 5) is 0. The average Bonchev–Trinajstić information content (AvgIpc) is 2.66. The van der Waals surface area contributed by atoms with E-state index in [0.29, 0.717) is 0 Å². The third kappa shape index (κ3) is 4.35. The van der Waals surface area contributed by atoms with Gasteiger partial charge >= 0.3 is 0 Å². The fourth-order valence-electron chi connectivity index (χ4n) is 3.59. The van der Waals surface area contributed by atoms with Crippen LogP contribution in [0.25, 0.3) is 0 Å². The number of hydrogen-bond donors (Lipinski definition) is 1. The van der Waals surface area contributed by atoms with Gasteiger partial charge in [-0.3, -0.25) is 0 Å². The first kappa shape index (κ1) is 19.1. The van der Waals surface area contributed by atoms with Gasteiger partial charge in [0.05, 0.1) is 12.7 Å². The number of nitrogens with one attached hydrogen (secondary N) is 1. The van der Waals surface area contributed by atoms with E-state index >= 15 is 0 Å².